The number of aliphatic hydroxyl groups excluding tert-OH is 1. The highest BCUT2D eigenvalue weighted by Gasteiger charge is 2.17. The molecule has 0 saturated heterocycles. The van der Waals surface area contributed by atoms with Crippen molar-refractivity contribution in [1.82, 2.24) is 5.32 Å². The van der Waals surface area contributed by atoms with Crippen LogP contribution in [0.2, 0.25) is 5.02 Å². The summed E-state index contributed by atoms with van der Waals surface area (Å²) in [4.78, 5) is 11.5. The minimum atomic E-state index is -0.522. The summed E-state index contributed by atoms with van der Waals surface area (Å²) in [5, 5.41) is 12.7. The van der Waals surface area contributed by atoms with Gasteiger partial charge in [0.15, 0.2) is 0 Å². The monoisotopic (exact) mass is 299 g/mol. The normalized spacial score (nSPS) is 12.8. The standard InChI is InChI=1S/C15H22ClNO3/c1-15(2,3)20-14(19)17-9-12(10-18)7-11-5-4-6-13(16)8-11/h4-6,8,12,18H,7,9-10H2,1-3H3,(H,17,19). The summed E-state index contributed by atoms with van der Waals surface area (Å²) in [5.74, 6) is -0.0685. The lowest BCUT2D eigenvalue weighted by atomic mass is 10.0. The fourth-order valence-electron chi connectivity index (χ4n) is 1.74. The maximum Gasteiger partial charge on any atom is 0.407 e. The van der Waals surface area contributed by atoms with Gasteiger partial charge in [-0.25, -0.2) is 4.79 Å². The first-order valence-corrected chi connectivity index (χ1v) is 7.00. The fourth-order valence-corrected chi connectivity index (χ4v) is 1.95. The Balaban J connectivity index is 2.46. The minimum absolute atomic E-state index is 0.0116. The van der Waals surface area contributed by atoms with Crippen molar-refractivity contribution in [3.63, 3.8) is 0 Å². The van der Waals surface area contributed by atoms with E-state index in [-0.39, 0.29) is 12.5 Å². The number of aliphatic hydroxyl groups is 1. The van der Waals surface area contributed by atoms with Gasteiger partial charge in [-0.05, 0) is 44.9 Å². The average molecular weight is 300 g/mol. The van der Waals surface area contributed by atoms with Crippen molar-refractivity contribution in [2.75, 3.05) is 13.2 Å². The van der Waals surface area contributed by atoms with Crippen LogP contribution in [0.1, 0.15) is 26.3 Å². The van der Waals surface area contributed by atoms with Gasteiger partial charge in [-0.15, -0.1) is 0 Å². The van der Waals surface area contributed by atoms with E-state index in [1.165, 1.54) is 0 Å². The van der Waals surface area contributed by atoms with Crippen molar-refractivity contribution in [1.29, 1.82) is 0 Å². The zero-order valence-corrected chi connectivity index (χ0v) is 12.9. The number of amides is 1. The lowest BCUT2D eigenvalue weighted by Crippen LogP contribution is -2.36. The first-order chi connectivity index (χ1) is 9.30. The smallest absolute Gasteiger partial charge is 0.407 e. The summed E-state index contributed by atoms with van der Waals surface area (Å²) in [6, 6.07) is 7.48. The predicted molar refractivity (Wildman–Crippen MR) is 80.0 cm³/mol. The molecule has 0 aromatic heterocycles. The first-order valence-electron chi connectivity index (χ1n) is 6.62. The van der Waals surface area contributed by atoms with Crippen molar-refractivity contribution >= 4 is 17.7 Å². The van der Waals surface area contributed by atoms with Gasteiger partial charge in [0.25, 0.3) is 0 Å². The zero-order chi connectivity index (χ0) is 15.2. The van der Waals surface area contributed by atoms with Crippen molar-refractivity contribution < 1.29 is 14.6 Å². The number of carbonyl (C=O) groups excluding carboxylic acids is 1. The molecule has 0 radical (unpaired) electrons. The molecular weight excluding hydrogens is 278 g/mol. The minimum Gasteiger partial charge on any atom is -0.444 e. The van der Waals surface area contributed by atoms with E-state index in [2.05, 4.69) is 5.32 Å². The Bertz CT molecular complexity index is 443. The van der Waals surface area contributed by atoms with Crippen LogP contribution in [0.25, 0.3) is 0 Å². The van der Waals surface area contributed by atoms with Crippen LogP contribution in [-0.4, -0.2) is 30.0 Å². The first kappa shape index (κ1) is 16.8. The molecule has 2 N–H and O–H groups in total. The van der Waals surface area contributed by atoms with Gasteiger partial charge >= 0.3 is 6.09 Å². The summed E-state index contributed by atoms with van der Waals surface area (Å²) in [5.41, 5.74) is 0.508. The Hall–Kier alpha value is -1.26. The Morgan fingerprint density at radius 2 is 2.15 bits per heavy atom. The number of alkyl carbamates (subject to hydrolysis) is 1. The quantitative estimate of drug-likeness (QED) is 0.878. The molecule has 0 fully saturated rings. The van der Waals surface area contributed by atoms with Crippen LogP contribution >= 0.6 is 11.6 Å². The van der Waals surface area contributed by atoms with E-state index in [1.807, 2.05) is 39.0 Å². The van der Waals surface area contributed by atoms with Crippen LogP contribution < -0.4 is 5.32 Å². The third-order valence-corrected chi connectivity index (χ3v) is 2.84. The summed E-state index contributed by atoms with van der Waals surface area (Å²) in [6.45, 7) is 5.77. The fraction of sp³-hybridized carbons (Fsp3) is 0.533. The van der Waals surface area contributed by atoms with Crippen LogP contribution in [0, 0.1) is 5.92 Å². The molecule has 5 heteroatoms. The molecule has 0 saturated carbocycles. The van der Waals surface area contributed by atoms with Gasteiger partial charge < -0.3 is 15.2 Å². The second kappa shape index (κ2) is 7.50. The highest BCUT2D eigenvalue weighted by molar-refractivity contribution is 6.30. The third-order valence-electron chi connectivity index (χ3n) is 2.61. The van der Waals surface area contributed by atoms with Crippen LogP contribution in [0.3, 0.4) is 0 Å². The predicted octanol–water partition coefficient (Wildman–Crippen LogP) is 3.02. The lowest BCUT2D eigenvalue weighted by Gasteiger charge is -2.21. The Morgan fingerprint density at radius 3 is 2.70 bits per heavy atom. The molecule has 0 aliphatic carbocycles. The Kier molecular flexibility index (Phi) is 6.30. The highest BCUT2D eigenvalue weighted by Crippen LogP contribution is 2.14. The van der Waals surface area contributed by atoms with Gasteiger partial charge in [0.1, 0.15) is 5.60 Å². The van der Waals surface area contributed by atoms with Gasteiger partial charge in [0.05, 0.1) is 0 Å². The van der Waals surface area contributed by atoms with Crippen LogP contribution in [0.4, 0.5) is 4.79 Å². The van der Waals surface area contributed by atoms with Crippen LogP contribution in [-0.2, 0) is 11.2 Å². The molecule has 4 nitrogen and oxygen atoms in total. The Labute approximate surface area is 125 Å². The number of nitrogens with one attached hydrogen (secondary N) is 1. The van der Waals surface area contributed by atoms with Gasteiger partial charge in [0.2, 0.25) is 0 Å². The van der Waals surface area contributed by atoms with E-state index in [9.17, 15) is 9.90 Å². The number of hydrogen-bond acceptors (Lipinski definition) is 3. The molecule has 20 heavy (non-hydrogen) atoms. The van der Waals surface area contributed by atoms with E-state index >= 15 is 0 Å². The molecule has 1 atom stereocenters. The number of hydrogen-bond donors (Lipinski definition) is 2. The number of benzene rings is 1. The van der Waals surface area contributed by atoms with Crippen molar-refractivity contribution in [3.8, 4) is 0 Å². The number of ether oxygens (including phenoxy) is 1. The van der Waals surface area contributed by atoms with Crippen molar-refractivity contribution in [2.24, 2.45) is 5.92 Å². The number of carbonyl (C=O) groups is 1. The van der Waals surface area contributed by atoms with Gasteiger partial charge in [-0.2, -0.15) is 0 Å². The average Bonchev–Trinajstić information content (AvgIpc) is 2.32. The second-order valence-electron chi connectivity index (χ2n) is 5.77. The molecular formula is C15H22ClNO3. The van der Waals surface area contributed by atoms with Crippen LogP contribution in [0.5, 0.6) is 0 Å². The molecule has 0 bridgehead atoms. The highest BCUT2D eigenvalue weighted by atomic mass is 35.5. The molecule has 1 amide bonds. The van der Waals surface area contributed by atoms with Gasteiger partial charge in [-0.3, -0.25) is 0 Å². The van der Waals surface area contributed by atoms with E-state index in [0.717, 1.165) is 5.56 Å². The van der Waals surface area contributed by atoms with E-state index in [4.69, 9.17) is 16.3 Å². The molecule has 0 aliphatic rings. The largest absolute Gasteiger partial charge is 0.444 e. The van der Waals surface area contributed by atoms with Crippen molar-refractivity contribution in [2.45, 2.75) is 32.8 Å². The molecule has 0 aliphatic heterocycles. The summed E-state index contributed by atoms with van der Waals surface area (Å²) in [7, 11) is 0. The molecule has 1 aromatic rings. The maximum atomic E-state index is 11.5. The number of halogens is 1. The SMILES string of the molecule is CC(C)(C)OC(=O)NCC(CO)Cc1cccc(Cl)c1. The molecule has 112 valence electrons. The van der Waals surface area contributed by atoms with E-state index in [1.54, 1.807) is 6.07 Å². The number of rotatable bonds is 5. The molecule has 1 rings (SSSR count). The Morgan fingerprint density at radius 1 is 1.45 bits per heavy atom. The van der Waals surface area contributed by atoms with E-state index < -0.39 is 11.7 Å². The molecule has 1 unspecified atom stereocenters. The maximum absolute atomic E-state index is 11.5. The molecule has 0 spiro atoms. The lowest BCUT2D eigenvalue weighted by molar-refractivity contribution is 0.0512. The van der Waals surface area contributed by atoms with Gasteiger partial charge in [-0.1, -0.05) is 23.7 Å². The van der Waals surface area contributed by atoms with E-state index in [0.29, 0.717) is 18.0 Å². The topological polar surface area (TPSA) is 58.6 Å². The summed E-state index contributed by atoms with van der Waals surface area (Å²) in [6.07, 6.45) is 0.175. The molecule has 0 heterocycles. The van der Waals surface area contributed by atoms with Crippen LogP contribution in [0.15, 0.2) is 24.3 Å². The summed E-state index contributed by atoms with van der Waals surface area (Å²) < 4.78 is 5.15. The molecule has 1 aromatic carbocycles. The second-order valence-corrected chi connectivity index (χ2v) is 6.20. The zero-order valence-electron chi connectivity index (χ0n) is 12.1. The third kappa shape index (κ3) is 6.78. The van der Waals surface area contributed by atoms with Crippen molar-refractivity contribution in [3.05, 3.63) is 34.9 Å². The van der Waals surface area contributed by atoms with Gasteiger partial charge in [0, 0.05) is 24.1 Å². The summed E-state index contributed by atoms with van der Waals surface area (Å²) >= 11 is 5.92.